The largest absolute Gasteiger partial charge is 0.389 e. The summed E-state index contributed by atoms with van der Waals surface area (Å²) in [6.07, 6.45) is 4.82. The summed E-state index contributed by atoms with van der Waals surface area (Å²) in [6.45, 7) is 2.11. The number of thioether (sulfide) groups is 2. The number of hydrogen-bond donors (Lipinski definition) is 2. The Morgan fingerprint density at radius 3 is 2.65 bits per heavy atom. The number of aliphatic hydroxyl groups is 1. The van der Waals surface area contributed by atoms with Crippen LogP contribution in [0.4, 0.5) is 0 Å². The van der Waals surface area contributed by atoms with Crippen LogP contribution in [-0.4, -0.2) is 39.5 Å². The molecule has 0 amide bonds. The zero-order chi connectivity index (χ0) is 12.7. The molecule has 1 atom stereocenters. The van der Waals surface area contributed by atoms with Crippen molar-refractivity contribution >= 4 is 34.9 Å². The molecule has 0 aromatic carbocycles. The molecule has 1 aromatic heterocycles. The topological polar surface area (TPSA) is 72.0 Å². The molecule has 0 aliphatic rings. The van der Waals surface area contributed by atoms with Gasteiger partial charge in [0.1, 0.15) is 0 Å². The molecule has 0 aliphatic heterocycles. The molecule has 17 heavy (non-hydrogen) atoms. The minimum atomic E-state index is -0.709. The Kier molecular flexibility index (Phi) is 6.79. The van der Waals surface area contributed by atoms with Gasteiger partial charge < -0.3 is 10.8 Å². The standard InChI is InChI=1S/C10H19N3OS3/c1-10(14,7-11)5-3-4-6-16-9-13-12-8(15-2)17-9/h14H,3-7,11H2,1-2H3. The molecule has 0 radical (unpaired) electrons. The van der Waals surface area contributed by atoms with E-state index in [2.05, 4.69) is 10.2 Å². The summed E-state index contributed by atoms with van der Waals surface area (Å²) in [5.74, 6) is 1.02. The second kappa shape index (κ2) is 7.58. The maximum absolute atomic E-state index is 9.72. The van der Waals surface area contributed by atoms with E-state index in [4.69, 9.17) is 5.73 Å². The van der Waals surface area contributed by atoms with Crippen LogP contribution in [0.25, 0.3) is 0 Å². The summed E-state index contributed by atoms with van der Waals surface area (Å²) in [5, 5.41) is 17.9. The van der Waals surface area contributed by atoms with Crippen molar-refractivity contribution in [3.63, 3.8) is 0 Å². The molecule has 0 spiro atoms. The normalized spacial score (nSPS) is 14.8. The van der Waals surface area contributed by atoms with Gasteiger partial charge in [0, 0.05) is 12.3 Å². The van der Waals surface area contributed by atoms with E-state index >= 15 is 0 Å². The lowest BCUT2D eigenvalue weighted by atomic mass is 10.00. The van der Waals surface area contributed by atoms with Crippen LogP contribution in [0.1, 0.15) is 26.2 Å². The smallest absolute Gasteiger partial charge is 0.175 e. The van der Waals surface area contributed by atoms with Crippen LogP contribution in [0.3, 0.4) is 0 Å². The summed E-state index contributed by atoms with van der Waals surface area (Å²) in [7, 11) is 0. The Bertz CT molecular complexity index is 330. The van der Waals surface area contributed by atoms with Gasteiger partial charge >= 0.3 is 0 Å². The van der Waals surface area contributed by atoms with Crippen LogP contribution >= 0.6 is 34.9 Å². The fraction of sp³-hybridized carbons (Fsp3) is 0.800. The Hall–Kier alpha value is 0.180. The third-order valence-electron chi connectivity index (χ3n) is 2.34. The first-order valence-corrected chi connectivity index (χ1v) is 8.53. The van der Waals surface area contributed by atoms with Gasteiger partial charge in [0.25, 0.3) is 0 Å². The molecule has 1 rings (SSSR count). The van der Waals surface area contributed by atoms with Crippen molar-refractivity contribution in [1.82, 2.24) is 10.2 Å². The van der Waals surface area contributed by atoms with Crippen molar-refractivity contribution in [2.24, 2.45) is 5.73 Å². The Morgan fingerprint density at radius 1 is 1.35 bits per heavy atom. The average Bonchev–Trinajstić information content (AvgIpc) is 2.76. The molecule has 0 aliphatic carbocycles. The van der Waals surface area contributed by atoms with Crippen molar-refractivity contribution in [3.05, 3.63) is 0 Å². The lowest BCUT2D eigenvalue weighted by Gasteiger charge is -2.20. The van der Waals surface area contributed by atoms with Crippen molar-refractivity contribution in [2.45, 2.75) is 40.5 Å². The van der Waals surface area contributed by atoms with Crippen molar-refractivity contribution in [3.8, 4) is 0 Å². The quantitative estimate of drug-likeness (QED) is 0.566. The van der Waals surface area contributed by atoms with E-state index in [1.807, 2.05) is 6.26 Å². The van der Waals surface area contributed by atoms with Crippen LogP contribution in [0.2, 0.25) is 0 Å². The van der Waals surface area contributed by atoms with E-state index in [-0.39, 0.29) is 0 Å². The summed E-state index contributed by atoms with van der Waals surface area (Å²) < 4.78 is 2.04. The Labute approximate surface area is 115 Å². The molecule has 1 unspecified atom stereocenters. The zero-order valence-corrected chi connectivity index (χ0v) is 12.6. The molecule has 0 saturated carbocycles. The third kappa shape index (κ3) is 6.05. The van der Waals surface area contributed by atoms with E-state index < -0.39 is 5.60 Å². The zero-order valence-electron chi connectivity index (χ0n) is 10.2. The summed E-state index contributed by atoms with van der Waals surface area (Å²) >= 11 is 4.99. The minimum Gasteiger partial charge on any atom is -0.389 e. The van der Waals surface area contributed by atoms with Crippen LogP contribution in [0.15, 0.2) is 8.68 Å². The molecule has 7 heteroatoms. The lowest BCUT2D eigenvalue weighted by Crippen LogP contribution is -2.33. The SMILES string of the molecule is CSc1nnc(SCCCCC(C)(O)CN)s1. The van der Waals surface area contributed by atoms with E-state index in [1.54, 1.807) is 41.8 Å². The summed E-state index contributed by atoms with van der Waals surface area (Å²) in [4.78, 5) is 0. The van der Waals surface area contributed by atoms with E-state index in [0.29, 0.717) is 6.54 Å². The van der Waals surface area contributed by atoms with E-state index in [0.717, 1.165) is 33.7 Å². The molecule has 4 nitrogen and oxygen atoms in total. The van der Waals surface area contributed by atoms with Gasteiger partial charge in [-0.1, -0.05) is 34.9 Å². The number of hydrogen-bond acceptors (Lipinski definition) is 7. The van der Waals surface area contributed by atoms with Crippen molar-refractivity contribution < 1.29 is 5.11 Å². The number of unbranched alkanes of at least 4 members (excludes halogenated alkanes) is 1. The molecule has 1 aromatic rings. The highest BCUT2D eigenvalue weighted by atomic mass is 32.2. The summed E-state index contributed by atoms with van der Waals surface area (Å²) in [6, 6.07) is 0. The average molecular weight is 293 g/mol. The molecular formula is C10H19N3OS3. The predicted octanol–water partition coefficient (Wildman–Crippen LogP) is 2.23. The lowest BCUT2D eigenvalue weighted by molar-refractivity contribution is 0.0577. The molecule has 0 fully saturated rings. The van der Waals surface area contributed by atoms with E-state index in [9.17, 15) is 5.11 Å². The number of nitrogens with zero attached hydrogens (tertiary/aromatic N) is 2. The van der Waals surface area contributed by atoms with Gasteiger partial charge in [-0.2, -0.15) is 0 Å². The first-order valence-electron chi connectivity index (χ1n) is 5.50. The monoisotopic (exact) mass is 293 g/mol. The molecule has 0 bridgehead atoms. The van der Waals surface area contributed by atoms with Crippen LogP contribution in [0, 0.1) is 0 Å². The summed E-state index contributed by atoms with van der Waals surface area (Å²) in [5.41, 5.74) is 4.75. The molecule has 0 saturated heterocycles. The van der Waals surface area contributed by atoms with Gasteiger partial charge in [0.15, 0.2) is 8.68 Å². The Morgan fingerprint density at radius 2 is 2.06 bits per heavy atom. The fourth-order valence-electron chi connectivity index (χ4n) is 1.21. The number of nitrogens with two attached hydrogens (primary N) is 1. The van der Waals surface area contributed by atoms with Crippen molar-refractivity contribution in [2.75, 3.05) is 18.6 Å². The molecule has 3 N–H and O–H groups in total. The van der Waals surface area contributed by atoms with Crippen molar-refractivity contribution in [1.29, 1.82) is 0 Å². The maximum Gasteiger partial charge on any atom is 0.175 e. The number of rotatable bonds is 8. The first-order chi connectivity index (χ1) is 8.07. The highest BCUT2D eigenvalue weighted by Gasteiger charge is 2.16. The number of aromatic nitrogens is 2. The van der Waals surface area contributed by atoms with Gasteiger partial charge in [-0.3, -0.25) is 0 Å². The van der Waals surface area contributed by atoms with Crippen LogP contribution < -0.4 is 5.73 Å². The highest BCUT2D eigenvalue weighted by Crippen LogP contribution is 2.28. The third-order valence-corrected chi connectivity index (χ3v) is 5.46. The Balaban J connectivity index is 2.12. The van der Waals surface area contributed by atoms with Crippen LogP contribution in [-0.2, 0) is 0 Å². The highest BCUT2D eigenvalue weighted by molar-refractivity contribution is 8.02. The maximum atomic E-state index is 9.72. The predicted molar refractivity (Wildman–Crippen MR) is 75.9 cm³/mol. The van der Waals surface area contributed by atoms with E-state index in [1.165, 1.54) is 0 Å². The van der Waals surface area contributed by atoms with Gasteiger partial charge in [-0.05, 0) is 32.4 Å². The van der Waals surface area contributed by atoms with Gasteiger partial charge in [0.2, 0.25) is 0 Å². The van der Waals surface area contributed by atoms with Gasteiger partial charge in [-0.25, -0.2) is 0 Å². The molecule has 98 valence electrons. The second-order valence-electron chi connectivity index (χ2n) is 4.04. The fourth-order valence-corrected chi connectivity index (χ4v) is 3.72. The van der Waals surface area contributed by atoms with Gasteiger partial charge in [-0.15, -0.1) is 10.2 Å². The minimum absolute atomic E-state index is 0.327. The second-order valence-corrected chi connectivity index (χ2v) is 7.42. The van der Waals surface area contributed by atoms with Crippen LogP contribution in [0.5, 0.6) is 0 Å². The molecular weight excluding hydrogens is 274 g/mol. The molecule has 1 heterocycles. The van der Waals surface area contributed by atoms with Gasteiger partial charge in [0.05, 0.1) is 5.60 Å². The first kappa shape index (κ1) is 15.2.